The number of hydrogen-bond donors (Lipinski definition) is 1. The molecule has 0 saturated heterocycles. The number of rotatable bonds is 9. The molecule has 1 aromatic rings. The number of aryl methyl sites for hydroxylation is 1. The predicted octanol–water partition coefficient (Wildman–Crippen LogP) is 2.97. The van der Waals surface area contributed by atoms with E-state index in [0.717, 1.165) is 13.2 Å². The Morgan fingerprint density at radius 3 is 2.67 bits per heavy atom. The van der Waals surface area contributed by atoms with Crippen molar-refractivity contribution >= 4 is 11.3 Å². The molecule has 0 amide bonds. The number of nitrogens with one attached hydrogen (secondary N) is 1. The largest absolute Gasteiger partial charge is 0.379 e. The van der Waals surface area contributed by atoms with E-state index in [0.29, 0.717) is 25.7 Å². The normalized spacial score (nSPS) is 11.4. The summed E-state index contributed by atoms with van der Waals surface area (Å²) in [6, 6.07) is 2.23. The average Bonchev–Trinajstić information content (AvgIpc) is 2.64. The molecule has 104 valence electrons. The molecule has 0 aliphatic carbocycles. The van der Waals surface area contributed by atoms with Crippen molar-refractivity contribution in [3.8, 4) is 0 Å². The smallest absolute Gasteiger partial charge is 0.0728 e. The van der Waals surface area contributed by atoms with Crippen LogP contribution >= 0.6 is 11.3 Å². The Labute approximate surface area is 114 Å². The van der Waals surface area contributed by atoms with Crippen molar-refractivity contribution in [2.45, 2.75) is 33.9 Å². The van der Waals surface area contributed by atoms with Crippen LogP contribution in [0.5, 0.6) is 0 Å². The zero-order valence-electron chi connectivity index (χ0n) is 11.9. The van der Waals surface area contributed by atoms with Crippen molar-refractivity contribution in [2.75, 3.05) is 26.9 Å². The summed E-state index contributed by atoms with van der Waals surface area (Å²) in [6.07, 6.45) is 0. The molecule has 1 heterocycles. The lowest BCUT2D eigenvalue weighted by Gasteiger charge is -2.07. The molecule has 3 nitrogen and oxygen atoms in total. The fourth-order valence-corrected chi connectivity index (χ4v) is 2.67. The van der Waals surface area contributed by atoms with Gasteiger partial charge in [-0.1, -0.05) is 13.8 Å². The van der Waals surface area contributed by atoms with Crippen molar-refractivity contribution in [3.05, 3.63) is 21.4 Å². The Hall–Kier alpha value is -0.420. The second-order valence-electron chi connectivity index (χ2n) is 4.85. The molecule has 1 aromatic heterocycles. The molecule has 0 spiro atoms. The van der Waals surface area contributed by atoms with Crippen molar-refractivity contribution in [1.29, 1.82) is 0 Å². The molecule has 0 saturated carbocycles. The maximum absolute atomic E-state index is 5.64. The van der Waals surface area contributed by atoms with Crippen LogP contribution in [0.4, 0.5) is 0 Å². The second-order valence-corrected chi connectivity index (χ2v) is 6.19. The summed E-state index contributed by atoms with van der Waals surface area (Å²) in [7, 11) is 1.97. The van der Waals surface area contributed by atoms with Gasteiger partial charge >= 0.3 is 0 Å². The molecule has 0 radical (unpaired) electrons. The topological polar surface area (TPSA) is 30.5 Å². The lowest BCUT2D eigenvalue weighted by Crippen LogP contribution is -2.08. The van der Waals surface area contributed by atoms with Crippen LogP contribution in [-0.4, -0.2) is 26.9 Å². The third-order valence-electron chi connectivity index (χ3n) is 2.50. The minimum Gasteiger partial charge on any atom is -0.379 e. The molecule has 1 rings (SSSR count). The number of hydrogen-bond acceptors (Lipinski definition) is 4. The first kappa shape index (κ1) is 15.6. The number of thiophene rings is 1. The maximum Gasteiger partial charge on any atom is 0.0728 e. The van der Waals surface area contributed by atoms with E-state index in [9.17, 15) is 0 Å². The highest BCUT2D eigenvalue weighted by Crippen LogP contribution is 2.22. The monoisotopic (exact) mass is 271 g/mol. The van der Waals surface area contributed by atoms with E-state index in [1.807, 2.05) is 18.4 Å². The van der Waals surface area contributed by atoms with Gasteiger partial charge in [0.25, 0.3) is 0 Å². The Bertz CT molecular complexity index is 337. The first-order valence-electron chi connectivity index (χ1n) is 6.51. The van der Waals surface area contributed by atoms with Crippen LogP contribution in [0.1, 0.15) is 29.2 Å². The summed E-state index contributed by atoms with van der Waals surface area (Å²) in [5.74, 6) is 0.591. The van der Waals surface area contributed by atoms with Crippen molar-refractivity contribution in [2.24, 2.45) is 5.92 Å². The SMILES string of the molecule is CNCc1cc(COCCOCC(C)C)c(C)s1. The van der Waals surface area contributed by atoms with E-state index < -0.39 is 0 Å². The van der Waals surface area contributed by atoms with E-state index in [1.165, 1.54) is 15.3 Å². The van der Waals surface area contributed by atoms with Crippen molar-refractivity contribution in [3.63, 3.8) is 0 Å². The summed E-state index contributed by atoms with van der Waals surface area (Å²) in [5, 5.41) is 3.17. The van der Waals surface area contributed by atoms with Crippen LogP contribution < -0.4 is 5.32 Å². The summed E-state index contributed by atoms with van der Waals surface area (Å²) < 4.78 is 11.1. The molecule has 4 heteroatoms. The van der Waals surface area contributed by atoms with Crippen molar-refractivity contribution < 1.29 is 9.47 Å². The van der Waals surface area contributed by atoms with Crippen LogP contribution in [0, 0.1) is 12.8 Å². The first-order valence-corrected chi connectivity index (χ1v) is 7.33. The van der Waals surface area contributed by atoms with E-state index in [2.05, 4.69) is 32.2 Å². The lowest BCUT2D eigenvalue weighted by atomic mass is 10.2. The summed E-state index contributed by atoms with van der Waals surface area (Å²) in [6.45, 7) is 10.2. The molecule has 0 fully saturated rings. The third-order valence-corrected chi connectivity index (χ3v) is 3.60. The highest BCUT2D eigenvalue weighted by molar-refractivity contribution is 7.12. The van der Waals surface area contributed by atoms with Gasteiger partial charge < -0.3 is 14.8 Å². The van der Waals surface area contributed by atoms with Crippen LogP contribution in [0.15, 0.2) is 6.07 Å². The molecule has 1 N–H and O–H groups in total. The lowest BCUT2D eigenvalue weighted by molar-refractivity contribution is 0.0314. The van der Waals surface area contributed by atoms with Gasteiger partial charge in [-0.05, 0) is 31.5 Å². The van der Waals surface area contributed by atoms with Gasteiger partial charge in [0.05, 0.1) is 19.8 Å². The van der Waals surface area contributed by atoms with Gasteiger partial charge in [-0.2, -0.15) is 0 Å². The molecule has 18 heavy (non-hydrogen) atoms. The minimum absolute atomic E-state index is 0.591. The molecule has 0 aliphatic heterocycles. The zero-order chi connectivity index (χ0) is 13.4. The van der Waals surface area contributed by atoms with Gasteiger partial charge in [0.2, 0.25) is 0 Å². The third kappa shape index (κ3) is 5.96. The van der Waals surface area contributed by atoms with E-state index in [-0.39, 0.29) is 0 Å². The van der Waals surface area contributed by atoms with E-state index in [1.54, 1.807) is 0 Å². The molecule has 0 unspecified atom stereocenters. The summed E-state index contributed by atoms with van der Waals surface area (Å²) in [5.41, 5.74) is 1.30. The maximum atomic E-state index is 5.64. The van der Waals surface area contributed by atoms with Gasteiger partial charge in [0.1, 0.15) is 0 Å². The van der Waals surface area contributed by atoms with Gasteiger partial charge in [0.15, 0.2) is 0 Å². The molecule has 0 aliphatic rings. The zero-order valence-corrected chi connectivity index (χ0v) is 12.7. The Kier molecular flexibility index (Phi) is 7.51. The molecule has 0 bridgehead atoms. The predicted molar refractivity (Wildman–Crippen MR) is 77.1 cm³/mol. The van der Waals surface area contributed by atoms with Crippen molar-refractivity contribution in [1.82, 2.24) is 5.32 Å². The molecule has 0 atom stereocenters. The summed E-state index contributed by atoms with van der Waals surface area (Å²) >= 11 is 1.84. The summed E-state index contributed by atoms with van der Waals surface area (Å²) in [4.78, 5) is 2.72. The molecular formula is C14H25NO2S. The van der Waals surface area contributed by atoms with Gasteiger partial charge in [0, 0.05) is 22.9 Å². The minimum atomic E-state index is 0.591. The quantitative estimate of drug-likeness (QED) is 0.700. The molecule has 0 aromatic carbocycles. The second kappa shape index (κ2) is 8.64. The van der Waals surface area contributed by atoms with Crippen LogP contribution in [0.3, 0.4) is 0 Å². The van der Waals surface area contributed by atoms with Crippen LogP contribution in [0.25, 0.3) is 0 Å². The highest BCUT2D eigenvalue weighted by atomic mass is 32.1. The van der Waals surface area contributed by atoms with E-state index in [4.69, 9.17) is 9.47 Å². The van der Waals surface area contributed by atoms with Gasteiger partial charge in [-0.15, -0.1) is 11.3 Å². The van der Waals surface area contributed by atoms with Gasteiger partial charge in [-0.3, -0.25) is 0 Å². The Morgan fingerprint density at radius 1 is 1.28 bits per heavy atom. The fraction of sp³-hybridized carbons (Fsp3) is 0.714. The van der Waals surface area contributed by atoms with Crippen LogP contribution in [-0.2, 0) is 22.6 Å². The molecular weight excluding hydrogens is 246 g/mol. The van der Waals surface area contributed by atoms with E-state index >= 15 is 0 Å². The van der Waals surface area contributed by atoms with Gasteiger partial charge in [-0.25, -0.2) is 0 Å². The Morgan fingerprint density at radius 2 is 2.00 bits per heavy atom. The standard InChI is InChI=1S/C14H25NO2S/c1-11(2)9-16-5-6-17-10-13-7-14(8-15-4)18-12(13)3/h7,11,15H,5-6,8-10H2,1-4H3. The number of ether oxygens (including phenoxy) is 2. The fourth-order valence-electron chi connectivity index (χ4n) is 1.61. The average molecular weight is 271 g/mol. The first-order chi connectivity index (χ1) is 8.63. The Balaban J connectivity index is 2.18. The highest BCUT2D eigenvalue weighted by Gasteiger charge is 2.05. The van der Waals surface area contributed by atoms with Crippen LogP contribution in [0.2, 0.25) is 0 Å².